The van der Waals surface area contributed by atoms with Crippen LogP contribution in [0.25, 0.3) is 0 Å². The van der Waals surface area contributed by atoms with E-state index in [1.54, 1.807) is 6.92 Å². The Hall–Kier alpha value is -0.150. The lowest BCUT2D eigenvalue weighted by molar-refractivity contribution is -0.149. The van der Waals surface area contributed by atoms with E-state index in [1.165, 1.54) is 10.4 Å². The Bertz CT molecular complexity index is 612. The molecule has 1 aliphatic heterocycles. The number of piperidine rings is 1. The van der Waals surface area contributed by atoms with Gasteiger partial charge in [0.05, 0.1) is 21.3 Å². The van der Waals surface area contributed by atoms with E-state index in [0.717, 1.165) is 11.3 Å². The fourth-order valence-electron chi connectivity index (χ4n) is 2.19. The molecule has 1 aliphatic rings. The summed E-state index contributed by atoms with van der Waals surface area (Å²) in [6.45, 7) is 2.61. The van der Waals surface area contributed by atoms with Gasteiger partial charge in [-0.15, -0.1) is 11.3 Å². The summed E-state index contributed by atoms with van der Waals surface area (Å²) in [7, 11) is -3.62. The van der Waals surface area contributed by atoms with Crippen molar-refractivity contribution in [3.05, 3.63) is 14.9 Å². The standard InChI is InChI=1S/C12H15BrClNO4S2/c1-2-19-12(16)8-4-3-5-15(7-8)21(17,18)10-6-9(14)11(13)20-10/h6,8H,2-5,7H2,1H3/t8-/m0/s1. The van der Waals surface area contributed by atoms with Crippen LogP contribution in [0.4, 0.5) is 0 Å². The Morgan fingerprint density at radius 1 is 1.62 bits per heavy atom. The molecule has 1 saturated heterocycles. The van der Waals surface area contributed by atoms with Gasteiger partial charge in [0.1, 0.15) is 4.21 Å². The first-order valence-electron chi connectivity index (χ1n) is 6.48. The molecular formula is C12H15BrClNO4S2. The highest BCUT2D eigenvalue weighted by atomic mass is 79.9. The summed E-state index contributed by atoms with van der Waals surface area (Å²) in [4.78, 5) is 11.8. The molecule has 0 unspecified atom stereocenters. The monoisotopic (exact) mass is 415 g/mol. The van der Waals surface area contributed by atoms with Crippen molar-refractivity contribution in [2.45, 2.75) is 24.0 Å². The average Bonchev–Trinajstić information content (AvgIpc) is 2.80. The van der Waals surface area contributed by atoms with Crippen molar-refractivity contribution in [1.29, 1.82) is 0 Å². The second kappa shape index (κ2) is 6.95. The van der Waals surface area contributed by atoms with E-state index in [-0.39, 0.29) is 16.7 Å². The van der Waals surface area contributed by atoms with Gasteiger partial charge in [0.15, 0.2) is 0 Å². The van der Waals surface area contributed by atoms with Crippen LogP contribution in [0.15, 0.2) is 14.1 Å². The van der Waals surface area contributed by atoms with E-state index in [4.69, 9.17) is 16.3 Å². The predicted octanol–water partition coefficient (Wildman–Crippen LogP) is 3.13. The molecule has 1 atom stereocenters. The van der Waals surface area contributed by atoms with Crippen LogP contribution < -0.4 is 0 Å². The number of esters is 1. The number of ether oxygens (including phenoxy) is 1. The van der Waals surface area contributed by atoms with Crippen LogP contribution in [-0.2, 0) is 19.6 Å². The lowest BCUT2D eigenvalue weighted by Gasteiger charge is -2.30. The third kappa shape index (κ3) is 3.79. The second-order valence-electron chi connectivity index (χ2n) is 4.64. The van der Waals surface area contributed by atoms with Gasteiger partial charge in [-0.05, 0) is 41.8 Å². The van der Waals surface area contributed by atoms with Crippen molar-refractivity contribution in [2.24, 2.45) is 5.92 Å². The topological polar surface area (TPSA) is 63.7 Å². The van der Waals surface area contributed by atoms with E-state index < -0.39 is 15.9 Å². The maximum absolute atomic E-state index is 12.6. The van der Waals surface area contributed by atoms with Crippen molar-refractivity contribution >= 4 is 54.9 Å². The minimum Gasteiger partial charge on any atom is -0.466 e. The fourth-order valence-corrected chi connectivity index (χ4v) is 6.27. The number of thiophene rings is 1. The van der Waals surface area contributed by atoms with Gasteiger partial charge in [-0.2, -0.15) is 4.31 Å². The summed E-state index contributed by atoms with van der Waals surface area (Å²) >= 11 is 10.2. The minimum absolute atomic E-state index is 0.161. The van der Waals surface area contributed by atoms with Gasteiger partial charge in [0, 0.05) is 13.1 Å². The zero-order valence-corrected chi connectivity index (χ0v) is 15.3. The summed E-state index contributed by atoms with van der Waals surface area (Å²) in [5, 5.41) is 0.373. The lowest BCUT2D eigenvalue weighted by Crippen LogP contribution is -2.42. The molecule has 1 fully saturated rings. The van der Waals surface area contributed by atoms with Crippen LogP contribution in [0, 0.1) is 5.92 Å². The van der Waals surface area contributed by atoms with Crippen LogP contribution in [0.2, 0.25) is 5.02 Å². The molecule has 5 nitrogen and oxygen atoms in total. The van der Waals surface area contributed by atoms with Crippen LogP contribution in [0.3, 0.4) is 0 Å². The van der Waals surface area contributed by atoms with Gasteiger partial charge in [0.2, 0.25) is 0 Å². The highest BCUT2D eigenvalue weighted by Gasteiger charge is 2.35. The summed E-state index contributed by atoms with van der Waals surface area (Å²) in [6.07, 6.45) is 1.29. The van der Waals surface area contributed by atoms with Crippen molar-refractivity contribution in [3.63, 3.8) is 0 Å². The molecule has 0 saturated carbocycles. The molecule has 2 rings (SSSR count). The van der Waals surface area contributed by atoms with Crippen LogP contribution in [0.1, 0.15) is 19.8 Å². The molecule has 1 aromatic rings. The van der Waals surface area contributed by atoms with Gasteiger partial charge in [-0.1, -0.05) is 11.6 Å². The first-order valence-corrected chi connectivity index (χ1v) is 9.90. The first-order chi connectivity index (χ1) is 9.86. The van der Waals surface area contributed by atoms with Gasteiger partial charge in [-0.3, -0.25) is 4.79 Å². The molecule has 9 heteroatoms. The number of halogens is 2. The Morgan fingerprint density at radius 3 is 2.90 bits per heavy atom. The number of carbonyl (C=O) groups is 1. The second-order valence-corrected chi connectivity index (χ2v) is 9.58. The summed E-state index contributed by atoms with van der Waals surface area (Å²) < 4.78 is 32.3. The number of carbonyl (C=O) groups excluding carboxylic acids is 1. The highest BCUT2D eigenvalue weighted by Crippen LogP contribution is 2.36. The molecular weight excluding hydrogens is 402 g/mol. The van der Waals surface area contributed by atoms with Gasteiger partial charge >= 0.3 is 5.97 Å². The Kier molecular flexibility index (Phi) is 5.70. The SMILES string of the molecule is CCOC(=O)[C@H]1CCCN(S(=O)(=O)c2cc(Cl)c(Br)s2)C1. The van der Waals surface area contributed by atoms with Crippen molar-refractivity contribution in [3.8, 4) is 0 Å². The first kappa shape index (κ1) is 17.2. The van der Waals surface area contributed by atoms with Crippen molar-refractivity contribution in [1.82, 2.24) is 4.31 Å². The van der Waals surface area contributed by atoms with E-state index >= 15 is 0 Å². The molecule has 0 bridgehead atoms. The molecule has 21 heavy (non-hydrogen) atoms. The fraction of sp³-hybridized carbons (Fsp3) is 0.583. The third-order valence-electron chi connectivity index (χ3n) is 3.22. The molecule has 0 N–H and O–H groups in total. The minimum atomic E-state index is -3.62. The Balaban J connectivity index is 2.18. The molecule has 2 heterocycles. The van der Waals surface area contributed by atoms with E-state index in [9.17, 15) is 13.2 Å². The molecule has 0 spiro atoms. The molecule has 118 valence electrons. The predicted molar refractivity (Wildman–Crippen MR) is 85.1 cm³/mol. The maximum atomic E-state index is 12.6. The molecule has 0 radical (unpaired) electrons. The Labute approximate surface area is 141 Å². The number of hydrogen-bond acceptors (Lipinski definition) is 5. The normalized spacial score (nSPS) is 20.4. The average molecular weight is 417 g/mol. The van der Waals surface area contributed by atoms with E-state index in [1.807, 2.05) is 0 Å². The number of hydrogen-bond donors (Lipinski definition) is 0. The molecule has 0 aliphatic carbocycles. The summed E-state index contributed by atoms with van der Waals surface area (Å²) in [6, 6.07) is 1.43. The van der Waals surface area contributed by atoms with E-state index in [0.29, 0.717) is 34.8 Å². The Morgan fingerprint density at radius 2 is 2.33 bits per heavy atom. The van der Waals surface area contributed by atoms with Gasteiger partial charge in [0.25, 0.3) is 10.0 Å². The van der Waals surface area contributed by atoms with Crippen LogP contribution >= 0.6 is 38.9 Å². The van der Waals surface area contributed by atoms with Crippen LogP contribution in [-0.4, -0.2) is 38.4 Å². The maximum Gasteiger partial charge on any atom is 0.310 e. The zero-order valence-electron chi connectivity index (χ0n) is 11.3. The van der Waals surface area contributed by atoms with Crippen molar-refractivity contribution < 1.29 is 17.9 Å². The number of rotatable bonds is 4. The largest absolute Gasteiger partial charge is 0.466 e. The van der Waals surface area contributed by atoms with Gasteiger partial charge in [-0.25, -0.2) is 8.42 Å². The molecule has 1 aromatic heterocycles. The summed E-state index contributed by atoms with van der Waals surface area (Å²) in [5.74, 6) is -0.727. The molecule has 0 aromatic carbocycles. The zero-order chi connectivity index (χ0) is 15.6. The number of sulfonamides is 1. The summed E-state index contributed by atoms with van der Waals surface area (Å²) in [5.41, 5.74) is 0. The smallest absolute Gasteiger partial charge is 0.310 e. The van der Waals surface area contributed by atoms with Crippen molar-refractivity contribution in [2.75, 3.05) is 19.7 Å². The lowest BCUT2D eigenvalue weighted by atomic mass is 10.0. The number of nitrogens with zero attached hydrogens (tertiary/aromatic N) is 1. The van der Waals surface area contributed by atoms with Crippen LogP contribution in [0.5, 0.6) is 0 Å². The highest BCUT2D eigenvalue weighted by molar-refractivity contribution is 9.11. The third-order valence-corrected chi connectivity index (χ3v) is 8.01. The van der Waals surface area contributed by atoms with Gasteiger partial charge < -0.3 is 4.74 Å². The quantitative estimate of drug-likeness (QED) is 0.707. The van der Waals surface area contributed by atoms with E-state index in [2.05, 4.69) is 15.9 Å². The molecule has 0 amide bonds.